The Bertz CT molecular complexity index is 310. The Labute approximate surface area is 107 Å². The van der Waals surface area contributed by atoms with E-state index < -0.39 is 0 Å². The minimum Gasteiger partial charge on any atom is -0.396 e. The van der Waals surface area contributed by atoms with Crippen molar-refractivity contribution < 1.29 is 5.11 Å². The Morgan fingerprint density at radius 2 is 2.35 bits per heavy atom. The number of aromatic nitrogens is 1. The number of hydrogen-bond donors (Lipinski definition) is 2. The molecule has 96 valence electrons. The summed E-state index contributed by atoms with van der Waals surface area (Å²) in [4.78, 5) is 6.71. The zero-order chi connectivity index (χ0) is 12.1. The van der Waals surface area contributed by atoms with Gasteiger partial charge in [-0.3, -0.25) is 0 Å². The molecule has 17 heavy (non-hydrogen) atoms. The van der Waals surface area contributed by atoms with Crippen molar-refractivity contribution in [2.75, 3.05) is 24.6 Å². The third-order valence-electron chi connectivity index (χ3n) is 3.27. The maximum atomic E-state index is 8.88. The van der Waals surface area contributed by atoms with Gasteiger partial charge in [-0.05, 0) is 26.2 Å². The monoisotopic (exact) mass is 255 g/mol. The van der Waals surface area contributed by atoms with E-state index in [1.165, 1.54) is 0 Å². The fraction of sp³-hybridized carbons (Fsp3) is 0.750. The van der Waals surface area contributed by atoms with Crippen molar-refractivity contribution in [2.45, 2.75) is 38.3 Å². The van der Waals surface area contributed by atoms with Gasteiger partial charge in [0, 0.05) is 43.4 Å². The van der Waals surface area contributed by atoms with Gasteiger partial charge in [-0.2, -0.15) is 0 Å². The minimum atomic E-state index is 0.270. The normalized spacial score (nSPS) is 19.5. The van der Waals surface area contributed by atoms with Crippen molar-refractivity contribution in [3.8, 4) is 0 Å². The van der Waals surface area contributed by atoms with Gasteiger partial charge in [0.05, 0.1) is 0 Å². The van der Waals surface area contributed by atoms with E-state index in [9.17, 15) is 0 Å². The van der Waals surface area contributed by atoms with Crippen LogP contribution in [0.15, 0.2) is 11.6 Å². The second-order valence-corrected chi connectivity index (χ2v) is 5.53. The molecule has 1 fully saturated rings. The van der Waals surface area contributed by atoms with Gasteiger partial charge in [0.1, 0.15) is 0 Å². The molecule has 2 heterocycles. The van der Waals surface area contributed by atoms with Crippen LogP contribution in [-0.4, -0.2) is 41.9 Å². The fourth-order valence-electron chi connectivity index (χ4n) is 2.29. The highest BCUT2D eigenvalue weighted by Gasteiger charge is 2.21. The predicted octanol–water partition coefficient (Wildman–Crippen LogP) is 1.47. The van der Waals surface area contributed by atoms with Gasteiger partial charge in [0.15, 0.2) is 5.13 Å². The molecule has 0 saturated carbocycles. The second-order valence-electron chi connectivity index (χ2n) is 4.66. The Morgan fingerprint density at radius 3 is 2.94 bits per heavy atom. The summed E-state index contributed by atoms with van der Waals surface area (Å²) in [6.07, 6.45) is 5.03. The van der Waals surface area contributed by atoms with Crippen LogP contribution in [-0.2, 0) is 0 Å². The number of rotatable bonds is 5. The quantitative estimate of drug-likeness (QED) is 0.836. The van der Waals surface area contributed by atoms with Crippen LogP contribution in [0.2, 0.25) is 0 Å². The van der Waals surface area contributed by atoms with Crippen molar-refractivity contribution in [3.63, 3.8) is 0 Å². The first-order valence-electron chi connectivity index (χ1n) is 6.31. The summed E-state index contributed by atoms with van der Waals surface area (Å²) in [6.45, 7) is 4.57. The van der Waals surface area contributed by atoms with E-state index in [-0.39, 0.29) is 6.61 Å². The van der Waals surface area contributed by atoms with Crippen molar-refractivity contribution in [3.05, 3.63) is 11.6 Å². The second kappa shape index (κ2) is 6.33. The number of nitrogens with zero attached hydrogens (tertiary/aromatic N) is 2. The number of thiazole rings is 1. The van der Waals surface area contributed by atoms with Crippen molar-refractivity contribution in [2.24, 2.45) is 0 Å². The molecule has 0 unspecified atom stereocenters. The molecule has 1 aromatic heterocycles. The van der Waals surface area contributed by atoms with Crippen LogP contribution in [0.4, 0.5) is 5.13 Å². The SMILES string of the molecule is C[C@@H](CCO)NC1CCN(c2nccs2)CC1. The van der Waals surface area contributed by atoms with Crippen LogP contribution < -0.4 is 10.2 Å². The molecule has 2 rings (SSSR count). The van der Waals surface area contributed by atoms with Gasteiger partial charge >= 0.3 is 0 Å². The first-order chi connectivity index (χ1) is 8.29. The summed E-state index contributed by atoms with van der Waals surface area (Å²) in [5, 5.41) is 15.6. The molecule has 0 aromatic carbocycles. The maximum Gasteiger partial charge on any atom is 0.185 e. The minimum absolute atomic E-state index is 0.270. The number of aliphatic hydroxyl groups excluding tert-OH is 1. The van der Waals surface area contributed by atoms with Gasteiger partial charge in [-0.15, -0.1) is 11.3 Å². The molecular weight excluding hydrogens is 234 g/mol. The van der Waals surface area contributed by atoms with E-state index in [0.29, 0.717) is 12.1 Å². The Kier molecular flexibility index (Phi) is 4.76. The van der Waals surface area contributed by atoms with Crippen LogP contribution in [0, 0.1) is 0 Å². The van der Waals surface area contributed by atoms with Gasteiger partial charge in [-0.25, -0.2) is 4.98 Å². The Hall–Kier alpha value is -0.650. The molecule has 4 nitrogen and oxygen atoms in total. The third-order valence-corrected chi connectivity index (χ3v) is 4.10. The van der Waals surface area contributed by atoms with Crippen LogP contribution >= 0.6 is 11.3 Å². The zero-order valence-corrected chi connectivity index (χ0v) is 11.1. The van der Waals surface area contributed by atoms with Crippen LogP contribution in [0.1, 0.15) is 26.2 Å². The number of piperidine rings is 1. The molecule has 1 aliphatic rings. The lowest BCUT2D eigenvalue weighted by atomic mass is 10.0. The molecule has 0 spiro atoms. The molecule has 1 aliphatic heterocycles. The molecule has 5 heteroatoms. The molecule has 1 aromatic rings. The van der Waals surface area contributed by atoms with Crippen molar-refractivity contribution in [1.29, 1.82) is 0 Å². The highest BCUT2D eigenvalue weighted by Crippen LogP contribution is 2.22. The highest BCUT2D eigenvalue weighted by molar-refractivity contribution is 7.13. The first kappa shape index (κ1) is 12.8. The summed E-state index contributed by atoms with van der Waals surface area (Å²) in [5.41, 5.74) is 0. The molecule has 1 atom stereocenters. The number of nitrogens with one attached hydrogen (secondary N) is 1. The van der Waals surface area contributed by atoms with Crippen molar-refractivity contribution in [1.82, 2.24) is 10.3 Å². The number of anilines is 1. The summed E-state index contributed by atoms with van der Waals surface area (Å²) in [5.74, 6) is 0. The largest absolute Gasteiger partial charge is 0.396 e. The molecule has 1 saturated heterocycles. The lowest BCUT2D eigenvalue weighted by Gasteiger charge is -2.33. The molecule has 0 bridgehead atoms. The zero-order valence-electron chi connectivity index (χ0n) is 10.3. The van der Waals surface area contributed by atoms with Crippen molar-refractivity contribution >= 4 is 16.5 Å². The van der Waals surface area contributed by atoms with E-state index in [0.717, 1.165) is 37.5 Å². The summed E-state index contributed by atoms with van der Waals surface area (Å²) in [7, 11) is 0. The smallest absolute Gasteiger partial charge is 0.185 e. The number of hydrogen-bond acceptors (Lipinski definition) is 5. The third kappa shape index (κ3) is 3.66. The molecule has 0 aliphatic carbocycles. The molecule has 0 radical (unpaired) electrons. The van der Waals surface area contributed by atoms with Gasteiger partial charge in [0.2, 0.25) is 0 Å². The van der Waals surface area contributed by atoms with E-state index >= 15 is 0 Å². The number of aliphatic hydroxyl groups is 1. The Balaban J connectivity index is 1.74. The van der Waals surface area contributed by atoms with E-state index in [4.69, 9.17) is 5.11 Å². The molecule has 0 amide bonds. The summed E-state index contributed by atoms with van der Waals surface area (Å²) >= 11 is 1.71. The van der Waals surface area contributed by atoms with Gasteiger partial charge in [-0.1, -0.05) is 0 Å². The van der Waals surface area contributed by atoms with E-state index in [1.54, 1.807) is 11.3 Å². The fourth-order valence-corrected chi connectivity index (χ4v) is 2.99. The van der Waals surface area contributed by atoms with Crippen LogP contribution in [0.3, 0.4) is 0 Å². The summed E-state index contributed by atoms with van der Waals surface area (Å²) < 4.78 is 0. The molecule has 2 N–H and O–H groups in total. The average Bonchev–Trinajstić information content (AvgIpc) is 2.84. The van der Waals surface area contributed by atoms with Gasteiger partial charge in [0.25, 0.3) is 0 Å². The summed E-state index contributed by atoms with van der Waals surface area (Å²) in [6, 6.07) is 1.00. The first-order valence-corrected chi connectivity index (χ1v) is 7.19. The highest BCUT2D eigenvalue weighted by atomic mass is 32.1. The predicted molar refractivity (Wildman–Crippen MR) is 71.6 cm³/mol. The standard InChI is InChI=1S/C12H21N3OS/c1-10(4-8-16)14-11-2-6-15(7-3-11)12-13-5-9-17-12/h5,9-11,14,16H,2-4,6-8H2,1H3/t10-/m0/s1. The lowest BCUT2D eigenvalue weighted by molar-refractivity contribution is 0.257. The topological polar surface area (TPSA) is 48.4 Å². The lowest BCUT2D eigenvalue weighted by Crippen LogP contribution is -2.45. The molecular formula is C12H21N3OS. The maximum absolute atomic E-state index is 8.88. The van der Waals surface area contributed by atoms with Crippen LogP contribution in [0.25, 0.3) is 0 Å². The van der Waals surface area contributed by atoms with Gasteiger partial charge < -0.3 is 15.3 Å². The Morgan fingerprint density at radius 1 is 1.59 bits per heavy atom. The van der Waals surface area contributed by atoms with E-state index in [2.05, 4.69) is 22.1 Å². The average molecular weight is 255 g/mol. The van der Waals surface area contributed by atoms with Crippen LogP contribution in [0.5, 0.6) is 0 Å². The van der Waals surface area contributed by atoms with E-state index in [1.807, 2.05) is 11.6 Å².